The summed E-state index contributed by atoms with van der Waals surface area (Å²) in [5.74, 6) is 1.33. The van der Waals surface area contributed by atoms with Gasteiger partial charge in [-0.15, -0.1) is 0 Å². The van der Waals surface area contributed by atoms with E-state index in [2.05, 4.69) is 68.5 Å². The van der Waals surface area contributed by atoms with Gasteiger partial charge in [-0.05, 0) is 44.2 Å². The molecular weight excluding hydrogens is 440 g/mol. The lowest BCUT2D eigenvalue weighted by molar-refractivity contribution is 0.209. The SMILES string of the molecule is CC(C)N1CCN(c2ccc(Nc3nc(-c4cnc5c(c4)NCCO5)cn4ccnc34)cc2)CC1. The van der Waals surface area contributed by atoms with Crippen molar-refractivity contribution in [2.24, 2.45) is 0 Å². The number of benzene rings is 1. The van der Waals surface area contributed by atoms with Crippen molar-refractivity contribution < 1.29 is 4.74 Å². The lowest BCUT2D eigenvalue weighted by Gasteiger charge is -2.38. The molecule has 4 aromatic rings. The monoisotopic (exact) mass is 470 g/mol. The second kappa shape index (κ2) is 9.07. The Labute approximate surface area is 204 Å². The number of anilines is 4. The van der Waals surface area contributed by atoms with Crippen LogP contribution in [0.4, 0.5) is 22.9 Å². The van der Waals surface area contributed by atoms with Crippen LogP contribution in [0.2, 0.25) is 0 Å². The van der Waals surface area contributed by atoms with Gasteiger partial charge in [0.2, 0.25) is 5.88 Å². The largest absolute Gasteiger partial charge is 0.474 e. The fourth-order valence-corrected chi connectivity index (χ4v) is 4.71. The fraction of sp³-hybridized carbons (Fsp3) is 0.346. The molecule has 9 nitrogen and oxygen atoms in total. The number of pyridine rings is 1. The first-order chi connectivity index (χ1) is 17.1. The molecule has 35 heavy (non-hydrogen) atoms. The minimum absolute atomic E-state index is 0.605. The van der Waals surface area contributed by atoms with Crippen molar-refractivity contribution in [3.8, 4) is 17.1 Å². The summed E-state index contributed by atoms with van der Waals surface area (Å²) in [5, 5.41) is 6.82. The summed E-state index contributed by atoms with van der Waals surface area (Å²) in [6.45, 7) is 10.2. The Morgan fingerprint density at radius 3 is 2.69 bits per heavy atom. The Bertz CT molecular complexity index is 1330. The van der Waals surface area contributed by atoms with E-state index < -0.39 is 0 Å². The number of hydrogen-bond donors (Lipinski definition) is 2. The maximum Gasteiger partial charge on any atom is 0.237 e. The van der Waals surface area contributed by atoms with Crippen LogP contribution >= 0.6 is 0 Å². The molecule has 3 aromatic heterocycles. The number of nitrogens with zero attached hydrogens (tertiary/aromatic N) is 6. The highest BCUT2D eigenvalue weighted by Crippen LogP contribution is 2.31. The van der Waals surface area contributed by atoms with Crippen molar-refractivity contribution in [1.29, 1.82) is 0 Å². The van der Waals surface area contributed by atoms with Crippen LogP contribution in [0, 0.1) is 0 Å². The van der Waals surface area contributed by atoms with Gasteiger partial charge in [0, 0.05) is 80.5 Å². The molecular formula is C26H30N8O. The first-order valence-corrected chi connectivity index (χ1v) is 12.2. The van der Waals surface area contributed by atoms with Gasteiger partial charge in [-0.3, -0.25) is 4.90 Å². The van der Waals surface area contributed by atoms with Crippen LogP contribution in [0.1, 0.15) is 13.8 Å². The zero-order valence-electron chi connectivity index (χ0n) is 20.1. The topological polar surface area (TPSA) is 82.8 Å². The first kappa shape index (κ1) is 21.7. The summed E-state index contributed by atoms with van der Waals surface area (Å²) in [6.07, 6.45) is 7.49. The second-order valence-corrected chi connectivity index (χ2v) is 9.27. The van der Waals surface area contributed by atoms with Crippen molar-refractivity contribution in [3.63, 3.8) is 0 Å². The van der Waals surface area contributed by atoms with Crippen LogP contribution in [0.25, 0.3) is 16.9 Å². The van der Waals surface area contributed by atoms with Crippen molar-refractivity contribution in [2.45, 2.75) is 19.9 Å². The Morgan fingerprint density at radius 2 is 1.89 bits per heavy atom. The van der Waals surface area contributed by atoms with Gasteiger partial charge in [-0.25, -0.2) is 15.0 Å². The number of imidazole rings is 1. The van der Waals surface area contributed by atoms with E-state index in [1.54, 1.807) is 12.4 Å². The number of nitrogens with one attached hydrogen (secondary N) is 2. The van der Waals surface area contributed by atoms with E-state index in [4.69, 9.17) is 9.72 Å². The molecule has 0 saturated carbocycles. The maximum atomic E-state index is 5.62. The Hall–Kier alpha value is -3.85. The van der Waals surface area contributed by atoms with Gasteiger partial charge in [0.05, 0.1) is 11.4 Å². The molecule has 5 heterocycles. The zero-order chi connectivity index (χ0) is 23.8. The smallest absolute Gasteiger partial charge is 0.237 e. The van der Waals surface area contributed by atoms with Crippen LogP contribution in [-0.4, -0.2) is 69.6 Å². The second-order valence-electron chi connectivity index (χ2n) is 9.27. The third kappa shape index (κ3) is 4.35. The van der Waals surface area contributed by atoms with Gasteiger partial charge < -0.3 is 24.7 Å². The van der Waals surface area contributed by atoms with Crippen LogP contribution in [-0.2, 0) is 0 Å². The van der Waals surface area contributed by atoms with Gasteiger partial charge in [-0.1, -0.05) is 0 Å². The lowest BCUT2D eigenvalue weighted by atomic mass is 10.2. The van der Waals surface area contributed by atoms with Gasteiger partial charge in [0.25, 0.3) is 0 Å². The molecule has 0 unspecified atom stereocenters. The average Bonchev–Trinajstić information content (AvgIpc) is 3.38. The highest BCUT2D eigenvalue weighted by Gasteiger charge is 2.19. The number of piperazine rings is 1. The number of aromatic nitrogens is 4. The number of hydrogen-bond acceptors (Lipinski definition) is 8. The van der Waals surface area contributed by atoms with Crippen LogP contribution in [0.3, 0.4) is 0 Å². The van der Waals surface area contributed by atoms with E-state index in [1.165, 1.54) is 5.69 Å². The molecule has 6 rings (SSSR count). The molecule has 2 aliphatic rings. The highest BCUT2D eigenvalue weighted by atomic mass is 16.5. The molecule has 1 fully saturated rings. The summed E-state index contributed by atoms with van der Waals surface area (Å²) in [5.41, 5.74) is 5.61. The van der Waals surface area contributed by atoms with E-state index in [0.717, 1.165) is 61.0 Å². The van der Waals surface area contributed by atoms with Crippen LogP contribution in [0.5, 0.6) is 5.88 Å². The zero-order valence-corrected chi connectivity index (χ0v) is 20.1. The third-order valence-electron chi connectivity index (χ3n) is 6.72. The van der Waals surface area contributed by atoms with Gasteiger partial charge in [0.15, 0.2) is 11.5 Å². The number of fused-ring (bicyclic) bond motifs is 2. The van der Waals surface area contributed by atoms with Crippen molar-refractivity contribution >= 4 is 28.5 Å². The van der Waals surface area contributed by atoms with E-state index in [1.807, 2.05) is 22.9 Å². The standard InChI is InChI=1S/C26H30N8O/c1-18(2)32-10-12-33(13-11-32)21-5-3-20(4-6-21)30-24-25-28-7-9-34(25)17-23(31-24)19-15-22-26(29-16-19)35-14-8-27-22/h3-7,9,15-18,27H,8,10-14H2,1-2H3,(H,30,31). The minimum atomic E-state index is 0.605. The average molecular weight is 471 g/mol. The van der Waals surface area contributed by atoms with Gasteiger partial charge >= 0.3 is 0 Å². The molecule has 1 aromatic carbocycles. The molecule has 0 bridgehead atoms. The highest BCUT2D eigenvalue weighted by molar-refractivity contribution is 5.75. The number of ether oxygens (including phenoxy) is 1. The molecule has 9 heteroatoms. The summed E-state index contributed by atoms with van der Waals surface area (Å²) >= 11 is 0. The van der Waals surface area contributed by atoms with Gasteiger partial charge in [0.1, 0.15) is 6.61 Å². The maximum absolute atomic E-state index is 5.62. The van der Waals surface area contributed by atoms with Crippen molar-refractivity contribution in [1.82, 2.24) is 24.3 Å². The summed E-state index contributed by atoms with van der Waals surface area (Å²) < 4.78 is 7.60. The third-order valence-corrected chi connectivity index (χ3v) is 6.72. The molecule has 0 amide bonds. The van der Waals surface area contributed by atoms with Gasteiger partial charge in [-0.2, -0.15) is 0 Å². The summed E-state index contributed by atoms with van der Waals surface area (Å²) in [7, 11) is 0. The molecule has 0 spiro atoms. The van der Waals surface area contributed by atoms with E-state index in [-0.39, 0.29) is 0 Å². The van der Waals surface area contributed by atoms with E-state index in [9.17, 15) is 0 Å². The predicted molar refractivity (Wildman–Crippen MR) is 139 cm³/mol. The molecule has 0 radical (unpaired) electrons. The minimum Gasteiger partial charge on any atom is -0.474 e. The Kier molecular flexibility index (Phi) is 5.61. The lowest BCUT2D eigenvalue weighted by Crippen LogP contribution is -2.48. The fourth-order valence-electron chi connectivity index (χ4n) is 4.71. The molecule has 0 atom stereocenters. The Balaban J connectivity index is 1.24. The molecule has 2 aliphatic heterocycles. The normalized spacial score (nSPS) is 16.1. The molecule has 180 valence electrons. The summed E-state index contributed by atoms with van der Waals surface area (Å²) in [4.78, 5) is 18.9. The molecule has 1 saturated heterocycles. The van der Waals surface area contributed by atoms with Crippen molar-refractivity contribution in [2.75, 3.05) is 54.9 Å². The summed E-state index contributed by atoms with van der Waals surface area (Å²) in [6, 6.07) is 11.2. The number of rotatable bonds is 5. The Morgan fingerprint density at radius 1 is 1.06 bits per heavy atom. The molecule has 0 aliphatic carbocycles. The first-order valence-electron chi connectivity index (χ1n) is 12.2. The van der Waals surface area contributed by atoms with Crippen LogP contribution < -0.4 is 20.3 Å². The van der Waals surface area contributed by atoms with Crippen LogP contribution in [0.15, 0.2) is 55.1 Å². The van der Waals surface area contributed by atoms with Crippen molar-refractivity contribution in [3.05, 3.63) is 55.1 Å². The quantitative estimate of drug-likeness (QED) is 0.455. The van der Waals surface area contributed by atoms with E-state index >= 15 is 0 Å². The van der Waals surface area contributed by atoms with E-state index in [0.29, 0.717) is 24.3 Å². The predicted octanol–water partition coefficient (Wildman–Crippen LogP) is 3.87. The molecule has 2 N–H and O–H groups in total.